The van der Waals surface area contributed by atoms with Gasteiger partial charge < -0.3 is 50.5 Å². The molecule has 3 aromatic rings. The summed E-state index contributed by atoms with van der Waals surface area (Å²) in [6.07, 6.45) is -5.61. The third-order valence-electron chi connectivity index (χ3n) is 5.27. The average molecular weight is 577 g/mol. The molecule has 12 nitrogen and oxygen atoms in total. The number of methoxy groups -OCH3 is 1. The third-order valence-corrected chi connectivity index (χ3v) is 6.50. The van der Waals surface area contributed by atoms with Gasteiger partial charge in [0.2, 0.25) is 0 Å². The standard InChI is InChI=1S/C21H21BrClN3O8.H2O/c1-32-14-5-10-13(24-8-25-20(10)26-9-2-3-11(22)12(23)4-9)6-15(14)33-7-16-17(27)18(28)19(29)21(30,31)34-16;/h2-6,8,16-19,27-31H,7H2,1H3,(H,24,25,26);1H2/t16-,17-,18+,19-;/m1./s1. The van der Waals surface area contributed by atoms with Gasteiger partial charge in [-0.1, -0.05) is 11.6 Å². The van der Waals surface area contributed by atoms with E-state index >= 15 is 0 Å². The van der Waals surface area contributed by atoms with Crippen molar-refractivity contribution in [3.63, 3.8) is 0 Å². The van der Waals surface area contributed by atoms with Crippen LogP contribution in [0.4, 0.5) is 11.5 Å². The fourth-order valence-corrected chi connectivity index (χ4v) is 3.87. The molecule has 8 N–H and O–H groups in total. The van der Waals surface area contributed by atoms with Gasteiger partial charge >= 0.3 is 5.97 Å². The predicted molar refractivity (Wildman–Crippen MR) is 128 cm³/mol. The molecular formula is C21H23BrClN3O9. The molecule has 35 heavy (non-hydrogen) atoms. The quantitative estimate of drug-likeness (QED) is 0.223. The Kier molecular flexibility index (Phi) is 8.36. The number of nitrogens with zero attached hydrogens (tertiary/aromatic N) is 2. The third kappa shape index (κ3) is 5.58. The van der Waals surface area contributed by atoms with Gasteiger partial charge in [-0.25, -0.2) is 9.97 Å². The first-order valence-electron chi connectivity index (χ1n) is 9.95. The Hall–Kier alpha value is -2.33. The van der Waals surface area contributed by atoms with E-state index in [0.717, 1.165) is 4.47 Å². The van der Waals surface area contributed by atoms with Crippen molar-refractivity contribution < 1.29 is 45.2 Å². The van der Waals surface area contributed by atoms with Gasteiger partial charge in [0.25, 0.3) is 0 Å². The minimum atomic E-state index is -3.05. The van der Waals surface area contributed by atoms with Crippen molar-refractivity contribution in [1.82, 2.24) is 9.97 Å². The van der Waals surface area contributed by atoms with Crippen LogP contribution in [0.1, 0.15) is 0 Å². The first kappa shape index (κ1) is 27.3. The fraction of sp³-hybridized carbons (Fsp3) is 0.333. The number of hydrogen-bond acceptors (Lipinski definition) is 11. The molecule has 1 aliphatic rings. The summed E-state index contributed by atoms with van der Waals surface area (Å²) in [7, 11) is 1.43. The van der Waals surface area contributed by atoms with E-state index in [9.17, 15) is 25.5 Å². The first-order chi connectivity index (χ1) is 16.1. The lowest BCUT2D eigenvalue weighted by molar-refractivity contribution is -0.434. The lowest BCUT2D eigenvalue weighted by Crippen LogP contribution is -2.65. The van der Waals surface area contributed by atoms with Gasteiger partial charge in [0.15, 0.2) is 17.6 Å². The molecule has 1 aliphatic heterocycles. The van der Waals surface area contributed by atoms with E-state index in [1.54, 1.807) is 24.3 Å². The van der Waals surface area contributed by atoms with Crippen LogP contribution in [0.2, 0.25) is 5.02 Å². The molecule has 2 aromatic carbocycles. The Morgan fingerprint density at radius 1 is 1.11 bits per heavy atom. The van der Waals surface area contributed by atoms with Gasteiger partial charge in [-0.15, -0.1) is 0 Å². The second-order valence-corrected chi connectivity index (χ2v) is 8.81. The molecule has 4 rings (SSSR count). The van der Waals surface area contributed by atoms with E-state index in [-0.39, 0.29) is 11.2 Å². The summed E-state index contributed by atoms with van der Waals surface area (Å²) < 4.78 is 16.7. The molecule has 1 fully saturated rings. The summed E-state index contributed by atoms with van der Waals surface area (Å²) in [6, 6.07) is 8.57. The smallest absolute Gasteiger partial charge is 0.308 e. The molecule has 0 amide bonds. The van der Waals surface area contributed by atoms with E-state index < -0.39 is 37.0 Å². The first-order valence-corrected chi connectivity index (χ1v) is 11.1. The zero-order valence-electron chi connectivity index (χ0n) is 18.1. The van der Waals surface area contributed by atoms with E-state index in [2.05, 4.69) is 31.2 Å². The largest absolute Gasteiger partial charge is 0.493 e. The van der Waals surface area contributed by atoms with Crippen LogP contribution in [0.3, 0.4) is 0 Å². The lowest BCUT2D eigenvalue weighted by atomic mass is 9.98. The average Bonchev–Trinajstić information content (AvgIpc) is 2.81. The van der Waals surface area contributed by atoms with Crippen molar-refractivity contribution in [2.45, 2.75) is 30.4 Å². The molecule has 14 heteroatoms. The van der Waals surface area contributed by atoms with Crippen molar-refractivity contribution in [3.8, 4) is 11.5 Å². The monoisotopic (exact) mass is 575 g/mol. The minimum absolute atomic E-state index is 0. The van der Waals surface area contributed by atoms with E-state index in [4.69, 9.17) is 25.8 Å². The minimum Gasteiger partial charge on any atom is -0.493 e. The summed E-state index contributed by atoms with van der Waals surface area (Å²) in [5.74, 6) is -2.06. The van der Waals surface area contributed by atoms with Crippen molar-refractivity contribution in [2.75, 3.05) is 19.0 Å². The van der Waals surface area contributed by atoms with Gasteiger partial charge in [-0.05, 0) is 40.2 Å². The number of hydrogen-bond donors (Lipinski definition) is 6. The number of rotatable bonds is 6. The van der Waals surface area contributed by atoms with Crippen LogP contribution in [0.5, 0.6) is 11.5 Å². The number of aromatic nitrogens is 2. The van der Waals surface area contributed by atoms with Gasteiger partial charge in [0.1, 0.15) is 37.1 Å². The van der Waals surface area contributed by atoms with Crippen LogP contribution in [0.25, 0.3) is 10.9 Å². The van der Waals surface area contributed by atoms with Crippen molar-refractivity contribution >= 4 is 49.9 Å². The topological polar surface area (TPSA) is 198 Å². The second-order valence-electron chi connectivity index (χ2n) is 7.55. The fourth-order valence-electron chi connectivity index (χ4n) is 3.44. The molecule has 1 saturated heterocycles. The van der Waals surface area contributed by atoms with Crippen molar-refractivity contribution in [3.05, 3.63) is 46.2 Å². The molecule has 0 aliphatic carbocycles. The number of fused-ring (bicyclic) bond motifs is 1. The molecular weight excluding hydrogens is 554 g/mol. The molecule has 1 aromatic heterocycles. The highest BCUT2D eigenvalue weighted by Gasteiger charge is 2.52. The summed E-state index contributed by atoms with van der Waals surface area (Å²) in [5, 5.41) is 53.4. The summed E-state index contributed by atoms with van der Waals surface area (Å²) in [5.41, 5.74) is 1.20. The van der Waals surface area contributed by atoms with Crippen LogP contribution < -0.4 is 14.8 Å². The van der Waals surface area contributed by atoms with E-state index in [0.29, 0.717) is 33.2 Å². The predicted octanol–water partition coefficient (Wildman–Crippen LogP) is 0.472. The summed E-state index contributed by atoms with van der Waals surface area (Å²) >= 11 is 9.51. The van der Waals surface area contributed by atoms with Gasteiger partial charge in [-0.2, -0.15) is 0 Å². The molecule has 0 unspecified atom stereocenters. The van der Waals surface area contributed by atoms with Gasteiger partial charge in [0.05, 0.1) is 17.6 Å². The maximum absolute atomic E-state index is 10.1. The summed E-state index contributed by atoms with van der Waals surface area (Å²) in [6.45, 7) is -0.400. The normalized spacial score (nSPS) is 23.4. The molecule has 0 radical (unpaired) electrons. The number of anilines is 2. The van der Waals surface area contributed by atoms with Crippen molar-refractivity contribution in [2.24, 2.45) is 0 Å². The van der Waals surface area contributed by atoms with Crippen LogP contribution in [-0.2, 0) is 4.74 Å². The van der Waals surface area contributed by atoms with E-state index in [1.807, 2.05) is 6.07 Å². The Bertz CT molecular complexity index is 1200. The molecule has 0 saturated carbocycles. The highest BCUT2D eigenvalue weighted by molar-refractivity contribution is 9.10. The van der Waals surface area contributed by atoms with Crippen LogP contribution >= 0.6 is 27.5 Å². The van der Waals surface area contributed by atoms with E-state index in [1.165, 1.54) is 13.4 Å². The number of aliphatic hydroxyl groups excluding tert-OH is 3. The van der Waals surface area contributed by atoms with Gasteiger partial charge in [0, 0.05) is 21.6 Å². The second kappa shape index (κ2) is 10.7. The van der Waals surface area contributed by atoms with Crippen molar-refractivity contribution in [1.29, 1.82) is 0 Å². The van der Waals surface area contributed by atoms with Crippen LogP contribution in [0, 0.1) is 0 Å². The van der Waals surface area contributed by atoms with Crippen LogP contribution in [0.15, 0.2) is 41.1 Å². The Balaban J connectivity index is 0.00000342. The summed E-state index contributed by atoms with van der Waals surface area (Å²) in [4.78, 5) is 8.54. The maximum atomic E-state index is 10.1. The Morgan fingerprint density at radius 2 is 1.86 bits per heavy atom. The SMILES string of the molecule is COc1cc2c(Nc3ccc(Br)c(Cl)c3)ncnc2cc1OC[C@H]1OC(O)(O)[C@H](O)[C@@H](O)[C@@H]1O.O. The lowest BCUT2D eigenvalue weighted by Gasteiger charge is -2.42. The number of ether oxygens (including phenoxy) is 3. The number of halogens is 2. The zero-order valence-corrected chi connectivity index (χ0v) is 20.4. The Morgan fingerprint density at radius 3 is 2.54 bits per heavy atom. The number of aliphatic hydroxyl groups is 5. The molecule has 190 valence electrons. The molecule has 0 spiro atoms. The number of nitrogens with one attached hydrogen (secondary N) is 1. The zero-order chi connectivity index (χ0) is 24.6. The highest BCUT2D eigenvalue weighted by atomic mass is 79.9. The molecule has 2 heterocycles. The Labute approximate surface area is 212 Å². The van der Waals surface area contributed by atoms with Crippen LogP contribution in [-0.4, -0.2) is 85.1 Å². The molecule has 0 bridgehead atoms. The maximum Gasteiger partial charge on any atom is 0.308 e. The molecule has 4 atom stereocenters. The highest BCUT2D eigenvalue weighted by Crippen LogP contribution is 2.36. The number of benzene rings is 2. The van der Waals surface area contributed by atoms with Gasteiger partial charge in [-0.3, -0.25) is 0 Å².